The Balaban J connectivity index is 1.66. The van der Waals surface area contributed by atoms with E-state index in [1.165, 1.54) is 19.3 Å². The summed E-state index contributed by atoms with van der Waals surface area (Å²) in [4.78, 5) is 5.89. The molecule has 4 N–H and O–H groups in total. The molecule has 2 aliphatic carbocycles. The maximum atomic E-state index is 13.3. The first-order valence-electron chi connectivity index (χ1n) is 11.2. The zero-order chi connectivity index (χ0) is 22.6. The summed E-state index contributed by atoms with van der Waals surface area (Å²) in [5.41, 5.74) is 1.78. The van der Waals surface area contributed by atoms with Crippen LogP contribution in [0.15, 0.2) is 41.2 Å². The smallest absolute Gasteiger partial charge is 0.181 e. The second-order valence-corrected chi connectivity index (χ2v) is 11.7. The molecule has 2 fully saturated rings. The Morgan fingerprint density at radius 1 is 1.22 bits per heavy atom. The third-order valence-corrected chi connectivity index (χ3v) is 9.45. The molecular formula is C23H30N4O3S2. The van der Waals surface area contributed by atoms with E-state index in [2.05, 4.69) is 15.6 Å². The fourth-order valence-electron chi connectivity index (χ4n) is 4.07. The maximum absolute atomic E-state index is 13.3. The van der Waals surface area contributed by atoms with Gasteiger partial charge in [0, 0.05) is 42.3 Å². The standard InChI is InChI=1S/C23H30N4O3S2/c24-13-18(14-25-10-11-28)27-17-6-9-20(22(12-17)32(29,30)19-7-8-19)21-15-26-23(31-21)16-4-2-1-3-5-16/h6,9,12-16,19,24-25,27-28H,1-5,7-8,10-11H2/b18-14+,24-13?. The second kappa shape index (κ2) is 10.1. The van der Waals surface area contributed by atoms with Crippen molar-refractivity contribution in [2.45, 2.75) is 61.0 Å². The lowest BCUT2D eigenvalue weighted by molar-refractivity contribution is 0.298. The zero-order valence-electron chi connectivity index (χ0n) is 18.0. The summed E-state index contributed by atoms with van der Waals surface area (Å²) in [6.45, 7) is 0.353. The van der Waals surface area contributed by atoms with Crippen molar-refractivity contribution in [3.05, 3.63) is 41.3 Å². The minimum absolute atomic E-state index is 0.0159. The fraction of sp³-hybridized carbons (Fsp3) is 0.478. The summed E-state index contributed by atoms with van der Waals surface area (Å²) in [5, 5.41) is 23.3. The Kier molecular flexibility index (Phi) is 7.27. The summed E-state index contributed by atoms with van der Waals surface area (Å²) in [6.07, 6.45) is 12.0. The van der Waals surface area contributed by atoms with Gasteiger partial charge in [-0.05, 0) is 37.8 Å². The second-order valence-electron chi connectivity index (χ2n) is 8.40. The number of aliphatic hydroxyl groups excluding tert-OH is 1. The van der Waals surface area contributed by atoms with E-state index in [1.54, 1.807) is 23.6 Å². The topological polar surface area (TPSA) is 115 Å². The summed E-state index contributed by atoms with van der Waals surface area (Å²) in [6, 6.07) is 5.36. The van der Waals surface area contributed by atoms with Crippen molar-refractivity contribution in [1.82, 2.24) is 10.3 Å². The van der Waals surface area contributed by atoms with Gasteiger partial charge in [-0.2, -0.15) is 0 Å². The van der Waals surface area contributed by atoms with Crippen LogP contribution in [0.2, 0.25) is 0 Å². The molecule has 1 aromatic heterocycles. The Hall–Kier alpha value is -2.23. The molecule has 4 rings (SSSR count). The highest BCUT2D eigenvalue weighted by molar-refractivity contribution is 7.92. The first-order valence-corrected chi connectivity index (χ1v) is 13.5. The van der Waals surface area contributed by atoms with Gasteiger partial charge in [-0.25, -0.2) is 13.4 Å². The molecule has 2 saturated carbocycles. The highest BCUT2D eigenvalue weighted by atomic mass is 32.2. The number of aromatic nitrogens is 1. The van der Waals surface area contributed by atoms with Crippen LogP contribution in [-0.4, -0.2) is 43.1 Å². The van der Waals surface area contributed by atoms with Crippen molar-refractivity contribution in [3.63, 3.8) is 0 Å². The molecule has 0 unspecified atom stereocenters. The predicted molar refractivity (Wildman–Crippen MR) is 129 cm³/mol. The molecule has 0 spiro atoms. The van der Waals surface area contributed by atoms with Crippen LogP contribution >= 0.6 is 11.3 Å². The van der Waals surface area contributed by atoms with Crippen LogP contribution in [0.25, 0.3) is 10.4 Å². The van der Waals surface area contributed by atoms with Gasteiger partial charge < -0.3 is 21.1 Å². The Morgan fingerprint density at radius 2 is 2.00 bits per heavy atom. The van der Waals surface area contributed by atoms with Gasteiger partial charge >= 0.3 is 0 Å². The van der Waals surface area contributed by atoms with Crippen LogP contribution in [0.3, 0.4) is 0 Å². The lowest BCUT2D eigenvalue weighted by Gasteiger charge is -2.18. The Morgan fingerprint density at radius 3 is 2.69 bits per heavy atom. The number of allylic oxidation sites excluding steroid dienone is 1. The average molecular weight is 475 g/mol. The van der Waals surface area contributed by atoms with E-state index in [9.17, 15) is 8.42 Å². The van der Waals surface area contributed by atoms with E-state index in [1.807, 2.05) is 18.3 Å². The molecule has 0 radical (unpaired) electrons. The lowest BCUT2D eigenvalue weighted by atomic mass is 9.90. The van der Waals surface area contributed by atoms with Crippen LogP contribution < -0.4 is 10.6 Å². The van der Waals surface area contributed by atoms with Crippen molar-refractivity contribution in [1.29, 1.82) is 5.41 Å². The van der Waals surface area contributed by atoms with E-state index < -0.39 is 9.84 Å². The SMILES string of the molecule is N=C/C(=C\NCCO)Nc1ccc(-c2cnc(C3CCCCC3)s2)c(S(=O)(=O)C2CC2)c1. The van der Waals surface area contributed by atoms with Crippen LogP contribution in [0, 0.1) is 5.41 Å². The number of sulfone groups is 1. The molecule has 2 aromatic rings. The van der Waals surface area contributed by atoms with Gasteiger partial charge in [-0.1, -0.05) is 25.3 Å². The quantitative estimate of drug-likeness (QED) is 0.302. The third-order valence-electron chi connectivity index (χ3n) is 5.95. The van der Waals surface area contributed by atoms with Gasteiger partial charge in [0.1, 0.15) is 0 Å². The minimum atomic E-state index is -3.43. The number of benzene rings is 1. The summed E-state index contributed by atoms with van der Waals surface area (Å²) < 4.78 is 26.5. The molecule has 0 atom stereocenters. The van der Waals surface area contributed by atoms with Gasteiger partial charge in [0.2, 0.25) is 0 Å². The van der Waals surface area contributed by atoms with Gasteiger partial charge in [-0.15, -0.1) is 11.3 Å². The molecule has 32 heavy (non-hydrogen) atoms. The number of nitrogens with zero attached hydrogens (tertiary/aromatic N) is 1. The molecule has 0 aliphatic heterocycles. The predicted octanol–water partition coefficient (Wildman–Crippen LogP) is 4.28. The maximum Gasteiger partial charge on any atom is 0.181 e. The number of rotatable bonds is 10. The lowest BCUT2D eigenvalue weighted by Crippen LogP contribution is -2.14. The van der Waals surface area contributed by atoms with Crippen LogP contribution in [0.4, 0.5) is 5.69 Å². The summed E-state index contributed by atoms with van der Waals surface area (Å²) >= 11 is 1.62. The molecule has 1 heterocycles. The molecular weight excluding hydrogens is 444 g/mol. The number of thiazole rings is 1. The van der Waals surface area contributed by atoms with Crippen molar-refractivity contribution in [3.8, 4) is 10.4 Å². The van der Waals surface area contributed by atoms with Gasteiger partial charge in [0.05, 0.1) is 32.3 Å². The normalized spacial score (nSPS) is 17.8. The van der Waals surface area contributed by atoms with Crippen LogP contribution in [0.1, 0.15) is 55.9 Å². The van der Waals surface area contributed by atoms with E-state index >= 15 is 0 Å². The van der Waals surface area contributed by atoms with E-state index in [0.717, 1.165) is 28.9 Å². The number of hydrogen-bond acceptors (Lipinski definition) is 8. The molecule has 2 aliphatic rings. The third kappa shape index (κ3) is 5.22. The number of anilines is 1. The Bertz CT molecular complexity index is 1080. The van der Waals surface area contributed by atoms with Gasteiger partial charge in [-0.3, -0.25) is 0 Å². The molecule has 172 valence electrons. The zero-order valence-corrected chi connectivity index (χ0v) is 19.6. The van der Waals surface area contributed by atoms with E-state index in [0.29, 0.717) is 47.1 Å². The van der Waals surface area contributed by atoms with Gasteiger partial charge in [0.15, 0.2) is 9.84 Å². The van der Waals surface area contributed by atoms with Gasteiger partial charge in [0.25, 0.3) is 0 Å². The average Bonchev–Trinajstić information content (AvgIpc) is 3.57. The molecule has 9 heteroatoms. The van der Waals surface area contributed by atoms with Crippen LogP contribution in [0.5, 0.6) is 0 Å². The molecule has 0 bridgehead atoms. The largest absolute Gasteiger partial charge is 0.395 e. The molecule has 0 saturated heterocycles. The van der Waals surface area contributed by atoms with Crippen molar-refractivity contribution < 1.29 is 13.5 Å². The highest BCUT2D eigenvalue weighted by Gasteiger charge is 2.38. The monoisotopic (exact) mass is 474 g/mol. The molecule has 1 aromatic carbocycles. The van der Waals surface area contributed by atoms with Crippen molar-refractivity contribution in [2.24, 2.45) is 0 Å². The Labute approximate surface area is 193 Å². The first-order chi connectivity index (χ1) is 15.5. The molecule has 7 nitrogen and oxygen atoms in total. The highest BCUT2D eigenvalue weighted by Crippen LogP contribution is 2.42. The van der Waals surface area contributed by atoms with E-state index in [-0.39, 0.29) is 11.9 Å². The first kappa shape index (κ1) is 22.9. The summed E-state index contributed by atoms with van der Waals surface area (Å²) in [5.74, 6) is 0.485. The van der Waals surface area contributed by atoms with Crippen LogP contribution in [-0.2, 0) is 9.84 Å². The summed E-state index contributed by atoms with van der Waals surface area (Å²) in [7, 11) is -3.43. The number of hydrogen-bond donors (Lipinski definition) is 4. The fourth-order valence-corrected chi connectivity index (χ4v) is 7.16. The minimum Gasteiger partial charge on any atom is -0.395 e. The van der Waals surface area contributed by atoms with E-state index in [4.69, 9.17) is 10.5 Å². The van der Waals surface area contributed by atoms with Crippen molar-refractivity contribution >= 4 is 33.1 Å². The molecule has 0 amide bonds. The number of nitrogens with one attached hydrogen (secondary N) is 3. The number of aliphatic hydroxyl groups is 1. The van der Waals surface area contributed by atoms with Crippen molar-refractivity contribution in [2.75, 3.05) is 18.5 Å².